The van der Waals surface area contributed by atoms with E-state index >= 15 is 0 Å². The zero-order chi connectivity index (χ0) is 23.1. The number of likely N-dealkylation sites (tertiary alicyclic amines) is 1. The molecule has 1 heterocycles. The molecule has 1 fully saturated rings. The number of hydrogen-bond donors (Lipinski definition) is 1. The Morgan fingerprint density at radius 1 is 1.09 bits per heavy atom. The summed E-state index contributed by atoms with van der Waals surface area (Å²) in [4.78, 5) is 13.6. The van der Waals surface area contributed by atoms with Crippen molar-refractivity contribution in [3.05, 3.63) is 70.3 Å². The number of alkyl halides is 3. The van der Waals surface area contributed by atoms with E-state index in [0.29, 0.717) is 17.5 Å². The van der Waals surface area contributed by atoms with Crippen molar-refractivity contribution in [3.8, 4) is 17.9 Å². The molecule has 32 heavy (non-hydrogen) atoms. The van der Waals surface area contributed by atoms with Crippen LogP contribution in [0.25, 0.3) is 0 Å². The molecule has 1 saturated heterocycles. The van der Waals surface area contributed by atoms with E-state index in [1.807, 2.05) is 0 Å². The van der Waals surface area contributed by atoms with Gasteiger partial charge in [0.05, 0.1) is 17.2 Å². The Bertz CT molecular complexity index is 1070. The van der Waals surface area contributed by atoms with Gasteiger partial charge in [-0.25, -0.2) is 0 Å². The van der Waals surface area contributed by atoms with Crippen LogP contribution in [0.3, 0.4) is 0 Å². The fraction of sp³-hybridized carbons (Fsp3) is 0.360. The highest BCUT2D eigenvalue weighted by atomic mass is 19.4. The highest BCUT2D eigenvalue weighted by molar-refractivity contribution is 5.76. The van der Waals surface area contributed by atoms with E-state index in [1.165, 1.54) is 18.2 Å². The molecule has 0 radical (unpaired) electrons. The summed E-state index contributed by atoms with van der Waals surface area (Å²) >= 11 is 0. The van der Waals surface area contributed by atoms with Crippen LogP contribution >= 0.6 is 0 Å². The van der Waals surface area contributed by atoms with Crippen molar-refractivity contribution >= 4 is 5.91 Å². The van der Waals surface area contributed by atoms with Crippen molar-refractivity contribution in [2.75, 3.05) is 19.6 Å². The average Bonchev–Trinajstić information content (AvgIpc) is 2.78. The average molecular weight is 439 g/mol. The van der Waals surface area contributed by atoms with Gasteiger partial charge in [0.1, 0.15) is 0 Å². The van der Waals surface area contributed by atoms with Gasteiger partial charge in [0.15, 0.2) is 0 Å². The summed E-state index contributed by atoms with van der Waals surface area (Å²) < 4.78 is 39.7. The molecule has 0 atom stereocenters. The van der Waals surface area contributed by atoms with Crippen LogP contribution in [-0.2, 0) is 17.4 Å². The Labute approximate surface area is 185 Å². The number of primary amides is 1. The molecule has 1 aliphatic rings. The van der Waals surface area contributed by atoms with Gasteiger partial charge in [0.2, 0.25) is 5.91 Å². The van der Waals surface area contributed by atoms with Crippen LogP contribution in [0.15, 0.2) is 42.5 Å². The number of nitrogens with two attached hydrogens (primary N) is 1. The van der Waals surface area contributed by atoms with Gasteiger partial charge in [-0.2, -0.15) is 18.4 Å². The third-order valence-electron chi connectivity index (χ3n) is 5.71. The summed E-state index contributed by atoms with van der Waals surface area (Å²) in [6.45, 7) is 2.45. The Hall–Kier alpha value is -3.29. The minimum Gasteiger partial charge on any atom is -0.369 e. The molecule has 4 nitrogen and oxygen atoms in total. The van der Waals surface area contributed by atoms with E-state index in [-0.39, 0.29) is 17.4 Å². The first kappa shape index (κ1) is 23.4. The van der Waals surface area contributed by atoms with Crippen LogP contribution < -0.4 is 5.73 Å². The van der Waals surface area contributed by atoms with Crippen molar-refractivity contribution in [1.82, 2.24) is 4.90 Å². The molecule has 0 aliphatic carbocycles. The summed E-state index contributed by atoms with van der Waals surface area (Å²) in [5.41, 5.74) is 6.49. The van der Waals surface area contributed by atoms with Gasteiger partial charge in [-0.15, -0.1) is 0 Å². The first-order chi connectivity index (χ1) is 15.3. The monoisotopic (exact) mass is 439 g/mol. The van der Waals surface area contributed by atoms with Crippen LogP contribution in [0.2, 0.25) is 0 Å². The number of amides is 1. The van der Waals surface area contributed by atoms with Gasteiger partial charge in [0.25, 0.3) is 0 Å². The molecule has 0 unspecified atom stereocenters. The van der Waals surface area contributed by atoms with E-state index in [2.05, 4.69) is 22.8 Å². The van der Waals surface area contributed by atoms with Crippen molar-refractivity contribution in [3.63, 3.8) is 0 Å². The Morgan fingerprint density at radius 2 is 1.78 bits per heavy atom. The molecular formula is C25H24F3N3O. The van der Waals surface area contributed by atoms with Gasteiger partial charge >= 0.3 is 6.18 Å². The van der Waals surface area contributed by atoms with Gasteiger partial charge in [-0.05, 0) is 81.2 Å². The Balaban J connectivity index is 1.72. The van der Waals surface area contributed by atoms with Crippen LogP contribution in [0, 0.1) is 29.1 Å². The van der Waals surface area contributed by atoms with Gasteiger partial charge in [-0.1, -0.05) is 24.0 Å². The second-order valence-corrected chi connectivity index (χ2v) is 7.90. The molecule has 1 aliphatic heterocycles. The molecule has 0 aromatic heterocycles. The molecule has 2 aromatic rings. The molecule has 0 saturated carbocycles. The van der Waals surface area contributed by atoms with Crippen LogP contribution in [0.1, 0.15) is 47.1 Å². The summed E-state index contributed by atoms with van der Waals surface area (Å²) in [5, 5.41) is 9.23. The van der Waals surface area contributed by atoms with E-state index in [9.17, 15) is 23.2 Å². The number of nitriles is 1. The third kappa shape index (κ3) is 6.12. The van der Waals surface area contributed by atoms with Gasteiger partial charge in [-0.3, -0.25) is 4.79 Å². The van der Waals surface area contributed by atoms with Crippen LogP contribution in [-0.4, -0.2) is 30.4 Å². The van der Waals surface area contributed by atoms with Gasteiger partial charge in [0, 0.05) is 17.0 Å². The van der Waals surface area contributed by atoms with Crippen molar-refractivity contribution in [2.45, 2.75) is 31.9 Å². The number of halogens is 3. The molecular weight excluding hydrogens is 415 g/mol. The maximum Gasteiger partial charge on any atom is 0.417 e. The quantitative estimate of drug-likeness (QED) is 0.713. The second-order valence-electron chi connectivity index (χ2n) is 7.90. The minimum absolute atomic E-state index is 0.0555. The molecule has 2 aromatic carbocycles. The van der Waals surface area contributed by atoms with E-state index < -0.39 is 11.7 Å². The predicted molar refractivity (Wildman–Crippen MR) is 115 cm³/mol. The molecule has 166 valence electrons. The van der Waals surface area contributed by atoms with E-state index in [0.717, 1.165) is 50.5 Å². The third-order valence-corrected chi connectivity index (χ3v) is 5.71. The van der Waals surface area contributed by atoms with Crippen molar-refractivity contribution < 1.29 is 18.0 Å². The summed E-state index contributed by atoms with van der Waals surface area (Å²) in [6, 6.07) is 12.4. The van der Waals surface area contributed by atoms with Gasteiger partial charge < -0.3 is 10.6 Å². The summed E-state index contributed by atoms with van der Waals surface area (Å²) in [7, 11) is 0. The molecule has 0 bridgehead atoms. The Kier molecular flexibility index (Phi) is 7.56. The number of aryl methyl sites for hydroxylation is 1. The minimum atomic E-state index is -4.47. The van der Waals surface area contributed by atoms with Crippen molar-refractivity contribution in [1.29, 1.82) is 5.26 Å². The zero-order valence-electron chi connectivity index (χ0n) is 17.6. The predicted octanol–water partition coefficient (Wildman–Crippen LogP) is 4.11. The molecule has 0 spiro atoms. The Morgan fingerprint density at radius 3 is 2.44 bits per heavy atom. The van der Waals surface area contributed by atoms with E-state index in [1.54, 1.807) is 18.2 Å². The smallest absolute Gasteiger partial charge is 0.369 e. The SMILES string of the molecule is N#Cc1ccc(C#Cc2ccccc2C(F)(F)F)c(CCCN2CCC(C(N)=O)CC2)c1. The number of carbonyl (C=O) groups excluding carboxylic acids is 1. The number of hydrogen-bond acceptors (Lipinski definition) is 3. The molecule has 7 heteroatoms. The number of piperidine rings is 1. The second kappa shape index (κ2) is 10.3. The highest BCUT2D eigenvalue weighted by Gasteiger charge is 2.32. The number of rotatable bonds is 5. The lowest BCUT2D eigenvalue weighted by Crippen LogP contribution is -2.39. The lowest BCUT2D eigenvalue weighted by Gasteiger charge is -2.30. The zero-order valence-corrected chi connectivity index (χ0v) is 17.6. The number of nitrogens with zero attached hydrogens (tertiary/aromatic N) is 2. The normalized spacial score (nSPS) is 14.9. The number of carbonyl (C=O) groups is 1. The van der Waals surface area contributed by atoms with E-state index in [4.69, 9.17) is 5.73 Å². The van der Waals surface area contributed by atoms with Crippen LogP contribution in [0.4, 0.5) is 13.2 Å². The first-order valence-corrected chi connectivity index (χ1v) is 10.5. The summed E-state index contributed by atoms with van der Waals surface area (Å²) in [6.07, 6.45) is -1.50. The molecule has 3 rings (SSSR count). The molecule has 2 N–H and O–H groups in total. The molecule has 1 amide bonds. The maximum atomic E-state index is 13.2. The maximum absolute atomic E-state index is 13.2. The fourth-order valence-electron chi connectivity index (χ4n) is 3.90. The van der Waals surface area contributed by atoms with Crippen LogP contribution in [0.5, 0.6) is 0 Å². The number of benzene rings is 2. The first-order valence-electron chi connectivity index (χ1n) is 10.5. The largest absolute Gasteiger partial charge is 0.417 e. The summed E-state index contributed by atoms with van der Waals surface area (Å²) in [5.74, 6) is 5.24. The standard InChI is InChI=1S/C25H24F3N3O/c26-25(27,28)23-6-2-1-4-20(23)10-9-19-8-7-18(17-29)16-22(19)5-3-13-31-14-11-21(12-15-31)24(30)32/h1-2,4,6-8,16,21H,3,5,11-15H2,(H2,30,32). The fourth-order valence-corrected chi connectivity index (χ4v) is 3.90. The van der Waals surface area contributed by atoms with Crippen molar-refractivity contribution in [2.24, 2.45) is 11.7 Å². The topological polar surface area (TPSA) is 70.1 Å². The lowest BCUT2D eigenvalue weighted by molar-refractivity contribution is -0.137. The lowest BCUT2D eigenvalue weighted by atomic mass is 9.95. The highest BCUT2D eigenvalue weighted by Crippen LogP contribution is 2.31.